The molecule has 0 spiro atoms. The van der Waals surface area contributed by atoms with Crippen LogP contribution in [0.3, 0.4) is 0 Å². The molecule has 2 N–H and O–H groups in total. The van der Waals surface area contributed by atoms with Crippen molar-refractivity contribution in [2.45, 2.75) is 11.8 Å². The highest BCUT2D eigenvalue weighted by atomic mass is 35.5. The molecule has 0 aliphatic carbocycles. The van der Waals surface area contributed by atoms with Gasteiger partial charge >= 0.3 is 0 Å². The number of nitrogens with one attached hydrogen (secondary N) is 2. The molecule has 0 aliphatic rings. The Labute approximate surface area is 156 Å². The van der Waals surface area contributed by atoms with Crippen molar-refractivity contribution in [3.8, 4) is 5.82 Å². The number of rotatable bonds is 7. The van der Waals surface area contributed by atoms with Gasteiger partial charge in [-0.2, -0.15) is 5.10 Å². The molecule has 0 saturated carbocycles. The van der Waals surface area contributed by atoms with Crippen LogP contribution < -0.4 is 10.0 Å². The SMILES string of the molecule is Cc1ccn(-c2cc(NCCNS(=O)(=O)c3ccccc3Cl)ncn2)n1. The van der Waals surface area contributed by atoms with Crippen LogP contribution in [0, 0.1) is 6.92 Å². The summed E-state index contributed by atoms with van der Waals surface area (Å²) in [4.78, 5) is 8.33. The first-order valence-corrected chi connectivity index (χ1v) is 9.64. The summed E-state index contributed by atoms with van der Waals surface area (Å²) in [6, 6.07) is 9.90. The van der Waals surface area contributed by atoms with Gasteiger partial charge < -0.3 is 5.32 Å². The van der Waals surface area contributed by atoms with Crippen LogP contribution in [0.2, 0.25) is 5.02 Å². The molecule has 0 amide bonds. The molecule has 0 atom stereocenters. The zero-order valence-corrected chi connectivity index (χ0v) is 15.5. The van der Waals surface area contributed by atoms with Crippen molar-refractivity contribution in [3.05, 3.63) is 59.6 Å². The molecular weight excluding hydrogens is 376 g/mol. The molecule has 0 aliphatic heterocycles. The van der Waals surface area contributed by atoms with Gasteiger partial charge in [0, 0.05) is 25.4 Å². The maximum atomic E-state index is 12.2. The van der Waals surface area contributed by atoms with E-state index in [1.807, 2.05) is 13.0 Å². The second-order valence-electron chi connectivity index (χ2n) is 5.42. The molecule has 0 radical (unpaired) electrons. The third kappa shape index (κ3) is 4.37. The van der Waals surface area contributed by atoms with Gasteiger partial charge in [-0.05, 0) is 25.1 Å². The fourth-order valence-electron chi connectivity index (χ4n) is 2.23. The molecule has 2 aromatic heterocycles. The average Bonchev–Trinajstić information content (AvgIpc) is 3.06. The highest BCUT2D eigenvalue weighted by molar-refractivity contribution is 7.89. The normalized spacial score (nSPS) is 11.5. The van der Waals surface area contributed by atoms with Gasteiger partial charge in [0.25, 0.3) is 0 Å². The third-order valence-electron chi connectivity index (χ3n) is 3.46. The summed E-state index contributed by atoms with van der Waals surface area (Å²) in [5.74, 6) is 1.19. The van der Waals surface area contributed by atoms with E-state index in [2.05, 4.69) is 25.1 Å². The predicted molar refractivity (Wildman–Crippen MR) is 99.0 cm³/mol. The minimum atomic E-state index is -3.66. The molecule has 0 unspecified atom stereocenters. The van der Waals surface area contributed by atoms with Gasteiger partial charge in [0.1, 0.15) is 17.0 Å². The molecule has 136 valence electrons. The van der Waals surface area contributed by atoms with Gasteiger partial charge in [-0.3, -0.25) is 0 Å². The van der Waals surface area contributed by atoms with Crippen molar-refractivity contribution in [2.24, 2.45) is 0 Å². The minimum absolute atomic E-state index is 0.0556. The lowest BCUT2D eigenvalue weighted by Gasteiger charge is -2.10. The van der Waals surface area contributed by atoms with E-state index in [4.69, 9.17) is 11.6 Å². The van der Waals surface area contributed by atoms with Gasteiger partial charge in [0.15, 0.2) is 5.82 Å². The lowest BCUT2D eigenvalue weighted by molar-refractivity contribution is 0.583. The summed E-state index contributed by atoms with van der Waals surface area (Å²) in [7, 11) is -3.66. The number of halogens is 1. The summed E-state index contributed by atoms with van der Waals surface area (Å²) >= 11 is 5.93. The summed E-state index contributed by atoms with van der Waals surface area (Å²) in [6.45, 7) is 2.41. The number of anilines is 1. The van der Waals surface area contributed by atoms with E-state index < -0.39 is 10.0 Å². The number of nitrogens with zero attached hydrogens (tertiary/aromatic N) is 4. The van der Waals surface area contributed by atoms with Gasteiger partial charge in [0.05, 0.1) is 10.7 Å². The lowest BCUT2D eigenvalue weighted by Crippen LogP contribution is -2.29. The zero-order chi connectivity index (χ0) is 18.6. The molecule has 8 nitrogen and oxygen atoms in total. The fourth-order valence-corrected chi connectivity index (χ4v) is 3.78. The highest BCUT2D eigenvalue weighted by Crippen LogP contribution is 2.19. The quantitative estimate of drug-likeness (QED) is 0.596. The molecule has 10 heteroatoms. The van der Waals surface area contributed by atoms with Crippen molar-refractivity contribution < 1.29 is 8.42 Å². The molecule has 1 aromatic carbocycles. The fraction of sp³-hybridized carbons (Fsp3) is 0.188. The summed E-state index contributed by atoms with van der Waals surface area (Å²) in [5.41, 5.74) is 0.882. The summed E-state index contributed by atoms with van der Waals surface area (Å²) < 4.78 is 28.6. The largest absolute Gasteiger partial charge is 0.369 e. The number of benzene rings is 1. The topological polar surface area (TPSA) is 102 Å². The number of aromatic nitrogens is 4. The Bertz CT molecular complexity index is 1010. The van der Waals surface area contributed by atoms with Crippen molar-refractivity contribution in [1.29, 1.82) is 0 Å². The number of hydrogen-bond acceptors (Lipinski definition) is 6. The Hall–Kier alpha value is -2.49. The van der Waals surface area contributed by atoms with Gasteiger partial charge in [-0.1, -0.05) is 23.7 Å². The van der Waals surface area contributed by atoms with Crippen LogP contribution in [0.4, 0.5) is 5.82 Å². The molecule has 0 fully saturated rings. The van der Waals surface area contributed by atoms with Crippen LogP contribution in [0.25, 0.3) is 5.82 Å². The van der Waals surface area contributed by atoms with E-state index in [9.17, 15) is 8.42 Å². The molecule has 0 bridgehead atoms. The van der Waals surface area contributed by atoms with Crippen LogP contribution in [0.1, 0.15) is 5.69 Å². The summed E-state index contributed by atoms with van der Waals surface area (Å²) in [6.07, 6.45) is 3.22. The highest BCUT2D eigenvalue weighted by Gasteiger charge is 2.16. The average molecular weight is 393 g/mol. The Balaban J connectivity index is 1.58. The Kier molecular flexibility index (Phi) is 5.50. The first-order chi connectivity index (χ1) is 12.5. The Morgan fingerprint density at radius 3 is 2.69 bits per heavy atom. The molecule has 2 heterocycles. The van der Waals surface area contributed by atoms with Crippen LogP contribution >= 0.6 is 11.6 Å². The first kappa shape index (κ1) is 18.3. The van der Waals surface area contributed by atoms with Crippen molar-refractivity contribution in [3.63, 3.8) is 0 Å². The van der Waals surface area contributed by atoms with Gasteiger partial charge in [0.2, 0.25) is 10.0 Å². The van der Waals surface area contributed by atoms with E-state index in [1.54, 1.807) is 29.1 Å². The molecular formula is C16H17ClN6O2S. The number of hydrogen-bond donors (Lipinski definition) is 2. The second kappa shape index (κ2) is 7.81. The second-order valence-corrected chi connectivity index (χ2v) is 7.56. The maximum Gasteiger partial charge on any atom is 0.242 e. The van der Waals surface area contributed by atoms with Crippen molar-refractivity contribution in [1.82, 2.24) is 24.5 Å². The van der Waals surface area contributed by atoms with E-state index >= 15 is 0 Å². The van der Waals surface area contributed by atoms with Gasteiger partial charge in [-0.15, -0.1) is 0 Å². The molecule has 3 aromatic rings. The maximum absolute atomic E-state index is 12.2. The van der Waals surface area contributed by atoms with Crippen LogP contribution in [0.5, 0.6) is 0 Å². The van der Waals surface area contributed by atoms with Gasteiger partial charge in [-0.25, -0.2) is 27.8 Å². The van der Waals surface area contributed by atoms with E-state index in [-0.39, 0.29) is 16.5 Å². The molecule has 0 saturated heterocycles. The van der Waals surface area contributed by atoms with Crippen molar-refractivity contribution in [2.75, 3.05) is 18.4 Å². The Morgan fingerprint density at radius 2 is 1.96 bits per heavy atom. The lowest BCUT2D eigenvalue weighted by atomic mass is 10.4. The molecule has 3 rings (SSSR count). The van der Waals surface area contributed by atoms with Crippen LogP contribution in [-0.4, -0.2) is 41.3 Å². The summed E-state index contributed by atoms with van der Waals surface area (Å²) in [5, 5.41) is 7.52. The first-order valence-electron chi connectivity index (χ1n) is 7.78. The standard InChI is InChI=1S/C16H17ClN6O2S/c1-12-6-9-23(22-12)16-10-15(19-11-20-16)18-7-8-21-26(24,25)14-5-3-2-4-13(14)17/h2-6,9-11,21H,7-8H2,1H3,(H,18,19,20). The monoisotopic (exact) mass is 392 g/mol. The number of aryl methyl sites for hydroxylation is 1. The zero-order valence-electron chi connectivity index (χ0n) is 13.9. The van der Waals surface area contributed by atoms with E-state index in [1.165, 1.54) is 18.5 Å². The predicted octanol–water partition coefficient (Wildman–Crippen LogP) is 2.01. The van der Waals surface area contributed by atoms with Crippen molar-refractivity contribution >= 4 is 27.4 Å². The van der Waals surface area contributed by atoms with E-state index in [0.29, 0.717) is 18.2 Å². The van der Waals surface area contributed by atoms with E-state index in [0.717, 1.165) is 5.69 Å². The Morgan fingerprint density at radius 1 is 1.15 bits per heavy atom. The molecule has 26 heavy (non-hydrogen) atoms. The van der Waals surface area contributed by atoms with Crippen LogP contribution in [-0.2, 0) is 10.0 Å². The third-order valence-corrected chi connectivity index (χ3v) is 5.42. The smallest absolute Gasteiger partial charge is 0.242 e. The number of sulfonamides is 1. The van der Waals surface area contributed by atoms with Crippen LogP contribution in [0.15, 0.2) is 53.8 Å². The minimum Gasteiger partial charge on any atom is -0.369 e.